The fraction of sp³-hybridized carbons (Fsp3) is 0.0952. The van der Waals surface area contributed by atoms with E-state index in [0.29, 0.717) is 32.4 Å². The summed E-state index contributed by atoms with van der Waals surface area (Å²) in [7, 11) is -2.18. The van der Waals surface area contributed by atoms with Gasteiger partial charge >= 0.3 is 0 Å². The molecule has 0 unspecified atom stereocenters. The van der Waals surface area contributed by atoms with Crippen molar-refractivity contribution < 1.29 is 17.6 Å². The van der Waals surface area contributed by atoms with Crippen molar-refractivity contribution in [3.8, 4) is 11.1 Å². The van der Waals surface area contributed by atoms with E-state index < -0.39 is 21.7 Å². The van der Waals surface area contributed by atoms with E-state index in [2.05, 4.69) is 21.2 Å². The average Bonchev–Trinajstić information content (AvgIpc) is 2.68. The highest BCUT2D eigenvalue weighted by Gasteiger charge is 2.34. The third kappa shape index (κ3) is 3.22. The maximum absolute atomic E-state index is 14.1. The predicted octanol–water partition coefficient (Wildman–Crippen LogP) is 4.95. The minimum Gasteiger partial charge on any atom is -0.319 e. The second-order valence-electron chi connectivity index (χ2n) is 6.74. The second kappa shape index (κ2) is 6.96. The molecular weight excluding hydrogens is 459 g/mol. The first-order valence-corrected chi connectivity index (χ1v) is 10.9. The number of sulfonamides is 1. The van der Waals surface area contributed by atoms with Gasteiger partial charge in [-0.2, -0.15) is 0 Å². The second-order valence-corrected chi connectivity index (χ2v) is 9.59. The van der Waals surface area contributed by atoms with Crippen molar-refractivity contribution in [1.82, 2.24) is 0 Å². The van der Waals surface area contributed by atoms with Gasteiger partial charge in [-0.25, -0.2) is 12.8 Å². The molecular formula is C21H16BrFN2O3S. The monoisotopic (exact) mass is 474 g/mol. The van der Waals surface area contributed by atoms with Gasteiger partial charge in [0.25, 0.3) is 15.9 Å². The van der Waals surface area contributed by atoms with E-state index >= 15 is 0 Å². The first-order valence-electron chi connectivity index (χ1n) is 8.69. The maximum Gasteiger partial charge on any atom is 0.264 e. The van der Waals surface area contributed by atoms with Crippen LogP contribution in [0.3, 0.4) is 0 Å². The number of anilines is 2. The molecule has 0 saturated carbocycles. The number of amides is 1. The number of nitrogens with zero attached hydrogens (tertiary/aromatic N) is 1. The third-order valence-corrected chi connectivity index (χ3v) is 7.18. The molecule has 4 rings (SSSR count). The number of rotatable bonds is 2. The van der Waals surface area contributed by atoms with Crippen LogP contribution in [-0.2, 0) is 10.0 Å². The van der Waals surface area contributed by atoms with Gasteiger partial charge in [0, 0.05) is 28.2 Å². The van der Waals surface area contributed by atoms with Crippen LogP contribution in [-0.4, -0.2) is 21.4 Å². The SMILES string of the molecule is Cc1cc(C(=O)Nc2ccc(Br)cc2F)cc2c1N(C)S(=O)(=O)c1ccccc1-2. The van der Waals surface area contributed by atoms with Crippen molar-refractivity contribution in [2.24, 2.45) is 0 Å². The molecule has 5 nitrogen and oxygen atoms in total. The standard InChI is InChI=1S/C21H16BrFN2O3S/c1-12-9-13(21(26)24-18-8-7-14(22)11-17(18)23)10-16-15-5-3-4-6-19(15)29(27,28)25(2)20(12)16/h3-11H,1-2H3,(H,24,26). The van der Waals surface area contributed by atoms with Crippen molar-refractivity contribution in [3.05, 3.63) is 76.0 Å². The summed E-state index contributed by atoms with van der Waals surface area (Å²) in [5.41, 5.74) is 2.70. The fourth-order valence-electron chi connectivity index (χ4n) is 3.50. The van der Waals surface area contributed by atoms with Crippen LogP contribution >= 0.6 is 15.9 Å². The molecule has 0 aliphatic carbocycles. The molecule has 8 heteroatoms. The van der Waals surface area contributed by atoms with Gasteiger partial charge in [0.2, 0.25) is 0 Å². The Bertz CT molecular complexity index is 1270. The molecule has 1 amide bonds. The number of halogens is 2. The van der Waals surface area contributed by atoms with E-state index in [9.17, 15) is 17.6 Å². The number of hydrogen-bond acceptors (Lipinski definition) is 3. The zero-order chi connectivity index (χ0) is 20.9. The first-order chi connectivity index (χ1) is 13.7. The highest BCUT2D eigenvalue weighted by Crippen LogP contribution is 2.44. The van der Waals surface area contributed by atoms with E-state index in [1.165, 1.54) is 23.5 Å². The van der Waals surface area contributed by atoms with Gasteiger partial charge in [-0.3, -0.25) is 9.10 Å². The molecule has 1 N–H and O–H groups in total. The van der Waals surface area contributed by atoms with E-state index in [1.54, 1.807) is 49.4 Å². The molecule has 1 aliphatic heterocycles. The van der Waals surface area contributed by atoms with Crippen LogP contribution in [0.15, 0.2) is 64.0 Å². The lowest BCUT2D eigenvalue weighted by atomic mass is 9.96. The van der Waals surface area contributed by atoms with Crippen LogP contribution in [0.4, 0.5) is 15.8 Å². The highest BCUT2D eigenvalue weighted by molar-refractivity contribution is 9.10. The van der Waals surface area contributed by atoms with Gasteiger partial charge in [0.1, 0.15) is 5.82 Å². The van der Waals surface area contributed by atoms with Gasteiger partial charge in [0.15, 0.2) is 0 Å². The van der Waals surface area contributed by atoms with Gasteiger partial charge < -0.3 is 5.32 Å². The number of hydrogen-bond donors (Lipinski definition) is 1. The molecule has 3 aromatic rings. The van der Waals surface area contributed by atoms with Crippen LogP contribution in [0.5, 0.6) is 0 Å². The van der Waals surface area contributed by atoms with Gasteiger partial charge in [0.05, 0.1) is 16.3 Å². The predicted molar refractivity (Wildman–Crippen MR) is 114 cm³/mol. The van der Waals surface area contributed by atoms with Crippen LogP contribution in [0.1, 0.15) is 15.9 Å². The average molecular weight is 475 g/mol. The van der Waals surface area contributed by atoms with Gasteiger partial charge in [-0.1, -0.05) is 34.1 Å². The summed E-state index contributed by atoms with van der Waals surface area (Å²) >= 11 is 3.18. The molecule has 148 valence electrons. The summed E-state index contributed by atoms with van der Waals surface area (Å²) < 4.78 is 41.6. The normalized spacial score (nSPS) is 14.1. The molecule has 29 heavy (non-hydrogen) atoms. The van der Waals surface area contributed by atoms with Crippen molar-refractivity contribution in [2.45, 2.75) is 11.8 Å². The van der Waals surface area contributed by atoms with Crippen LogP contribution < -0.4 is 9.62 Å². The topological polar surface area (TPSA) is 66.5 Å². The lowest BCUT2D eigenvalue weighted by Gasteiger charge is -2.31. The summed E-state index contributed by atoms with van der Waals surface area (Å²) in [6.07, 6.45) is 0. The molecule has 3 aromatic carbocycles. The summed E-state index contributed by atoms with van der Waals surface area (Å²) in [6.45, 7) is 1.75. The Morgan fingerprint density at radius 3 is 2.52 bits per heavy atom. The molecule has 0 spiro atoms. The fourth-order valence-corrected chi connectivity index (χ4v) is 5.32. The Morgan fingerprint density at radius 2 is 1.79 bits per heavy atom. The lowest BCUT2D eigenvalue weighted by Crippen LogP contribution is -2.31. The zero-order valence-corrected chi connectivity index (χ0v) is 17.9. The smallest absolute Gasteiger partial charge is 0.264 e. The Kier molecular flexibility index (Phi) is 4.71. The summed E-state index contributed by atoms with van der Waals surface area (Å²) in [5, 5.41) is 2.57. The number of carbonyl (C=O) groups excluding carboxylic acids is 1. The Labute approximate surface area is 176 Å². The number of carbonyl (C=O) groups is 1. The van der Waals surface area contributed by atoms with E-state index in [0.717, 1.165) is 0 Å². The lowest BCUT2D eigenvalue weighted by molar-refractivity contribution is 0.102. The molecule has 0 bridgehead atoms. The third-order valence-electron chi connectivity index (χ3n) is 4.87. The van der Waals surface area contributed by atoms with Crippen molar-refractivity contribution in [1.29, 1.82) is 0 Å². The van der Waals surface area contributed by atoms with Crippen LogP contribution in [0.2, 0.25) is 0 Å². The molecule has 0 atom stereocenters. The molecule has 0 aromatic heterocycles. The number of benzene rings is 3. The van der Waals surface area contributed by atoms with Gasteiger partial charge in [-0.15, -0.1) is 0 Å². The molecule has 0 saturated heterocycles. The van der Waals surface area contributed by atoms with Crippen LogP contribution in [0, 0.1) is 12.7 Å². The number of nitrogens with one attached hydrogen (secondary N) is 1. The summed E-state index contributed by atoms with van der Waals surface area (Å²) in [5.74, 6) is -1.04. The van der Waals surface area contributed by atoms with Crippen molar-refractivity contribution in [3.63, 3.8) is 0 Å². The van der Waals surface area contributed by atoms with Crippen molar-refractivity contribution in [2.75, 3.05) is 16.7 Å². The minimum atomic E-state index is -3.67. The maximum atomic E-state index is 14.1. The molecule has 1 aliphatic rings. The molecule has 1 heterocycles. The number of aryl methyl sites for hydroxylation is 1. The molecule has 0 radical (unpaired) electrons. The van der Waals surface area contributed by atoms with E-state index in [-0.39, 0.29) is 10.6 Å². The largest absolute Gasteiger partial charge is 0.319 e. The first kappa shape index (κ1) is 19.6. The summed E-state index contributed by atoms with van der Waals surface area (Å²) in [4.78, 5) is 13.0. The van der Waals surface area contributed by atoms with Crippen LogP contribution in [0.25, 0.3) is 11.1 Å². The van der Waals surface area contributed by atoms with Crippen molar-refractivity contribution >= 4 is 43.2 Å². The minimum absolute atomic E-state index is 0.0636. The Balaban J connectivity index is 1.82. The Morgan fingerprint density at radius 1 is 1.07 bits per heavy atom. The zero-order valence-electron chi connectivity index (χ0n) is 15.5. The Hall–Kier alpha value is -2.71. The highest BCUT2D eigenvalue weighted by atomic mass is 79.9. The summed E-state index contributed by atoms with van der Waals surface area (Å²) in [6, 6.07) is 14.3. The van der Waals surface area contributed by atoms with E-state index in [4.69, 9.17) is 0 Å². The molecule has 0 fully saturated rings. The number of fused-ring (bicyclic) bond motifs is 3. The van der Waals surface area contributed by atoms with E-state index in [1.807, 2.05) is 0 Å². The quantitative estimate of drug-likeness (QED) is 0.570. The van der Waals surface area contributed by atoms with Gasteiger partial charge in [-0.05, 0) is 48.9 Å².